The first-order valence-electron chi connectivity index (χ1n) is 7.60. The molecule has 3 nitrogen and oxygen atoms in total. The van der Waals surface area contributed by atoms with Crippen LogP contribution in [0.15, 0.2) is 12.1 Å². The standard InChI is InChI=1S/C16H20F2N2O/c17-13-7-12(8-14(18)15(13)19)16(21)20-6-5-10-3-1-2-4-11(10)9-20/h7-8,10-11H,1-6,9,19H2. The molecule has 2 fully saturated rings. The van der Waals surface area contributed by atoms with E-state index in [0.29, 0.717) is 24.9 Å². The Bertz CT molecular complexity index is 538. The highest BCUT2D eigenvalue weighted by Gasteiger charge is 2.33. The van der Waals surface area contributed by atoms with Crippen molar-refractivity contribution in [1.82, 2.24) is 4.90 Å². The van der Waals surface area contributed by atoms with Crippen molar-refractivity contribution in [3.8, 4) is 0 Å². The minimum absolute atomic E-state index is 0.0495. The van der Waals surface area contributed by atoms with E-state index in [1.807, 2.05) is 0 Å². The van der Waals surface area contributed by atoms with E-state index in [2.05, 4.69) is 0 Å². The van der Waals surface area contributed by atoms with E-state index in [-0.39, 0.29) is 11.5 Å². The maximum Gasteiger partial charge on any atom is 0.254 e. The van der Waals surface area contributed by atoms with Crippen LogP contribution in [0.5, 0.6) is 0 Å². The van der Waals surface area contributed by atoms with E-state index in [1.54, 1.807) is 4.90 Å². The molecule has 2 aliphatic rings. The molecule has 21 heavy (non-hydrogen) atoms. The number of nitrogens with two attached hydrogens (primary N) is 1. The van der Waals surface area contributed by atoms with Gasteiger partial charge < -0.3 is 10.6 Å². The van der Waals surface area contributed by atoms with Gasteiger partial charge >= 0.3 is 0 Å². The highest BCUT2D eigenvalue weighted by molar-refractivity contribution is 5.94. The summed E-state index contributed by atoms with van der Waals surface area (Å²) in [5.74, 6) is -0.781. The lowest BCUT2D eigenvalue weighted by atomic mass is 9.75. The number of nitrogens with zero attached hydrogens (tertiary/aromatic N) is 1. The van der Waals surface area contributed by atoms with Gasteiger partial charge in [-0.1, -0.05) is 19.3 Å². The first-order chi connectivity index (χ1) is 10.1. The second kappa shape index (κ2) is 5.62. The third kappa shape index (κ3) is 2.74. The van der Waals surface area contributed by atoms with Crippen LogP contribution in [-0.4, -0.2) is 23.9 Å². The smallest absolute Gasteiger partial charge is 0.254 e. The van der Waals surface area contributed by atoms with Gasteiger partial charge in [0.05, 0.1) is 0 Å². The summed E-state index contributed by atoms with van der Waals surface area (Å²) in [5, 5.41) is 0. The van der Waals surface area contributed by atoms with Crippen LogP contribution in [0.4, 0.5) is 14.5 Å². The predicted octanol–water partition coefficient (Wildman–Crippen LogP) is 3.20. The number of halogens is 2. The number of piperidine rings is 1. The number of rotatable bonds is 1. The zero-order valence-electron chi connectivity index (χ0n) is 11.9. The fraction of sp³-hybridized carbons (Fsp3) is 0.562. The van der Waals surface area contributed by atoms with Crippen LogP contribution in [-0.2, 0) is 0 Å². The lowest BCUT2D eigenvalue weighted by Gasteiger charge is -2.41. The molecule has 1 saturated heterocycles. The average molecular weight is 294 g/mol. The molecule has 3 rings (SSSR count). The number of amides is 1. The first kappa shape index (κ1) is 14.3. The molecular formula is C16H20F2N2O. The van der Waals surface area contributed by atoms with E-state index in [4.69, 9.17) is 5.73 Å². The summed E-state index contributed by atoms with van der Waals surface area (Å²) in [6.45, 7) is 1.38. The normalized spacial score (nSPS) is 25.5. The highest BCUT2D eigenvalue weighted by atomic mass is 19.1. The molecule has 0 aromatic heterocycles. The van der Waals surface area contributed by atoms with Gasteiger partial charge in [-0.25, -0.2) is 8.78 Å². The Hall–Kier alpha value is -1.65. The zero-order valence-corrected chi connectivity index (χ0v) is 11.9. The molecule has 0 radical (unpaired) electrons. The number of hydrogen-bond acceptors (Lipinski definition) is 2. The number of fused-ring (bicyclic) bond motifs is 1. The van der Waals surface area contributed by atoms with Crippen molar-refractivity contribution in [2.75, 3.05) is 18.8 Å². The van der Waals surface area contributed by atoms with Crippen LogP contribution >= 0.6 is 0 Å². The molecular weight excluding hydrogens is 274 g/mol. The maximum absolute atomic E-state index is 13.5. The van der Waals surface area contributed by atoms with Crippen molar-refractivity contribution in [3.63, 3.8) is 0 Å². The van der Waals surface area contributed by atoms with Crippen LogP contribution in [0.25, 0.3) is 0 Å². The first-order valence-corrected chi connectivity index (χ1v) is 7.60. The molecule has 1 saturated carbocycles. The van der Waals surface area contributed by atoms with Gasteiger partial charge in [-0.15, -0.1) is 0 Å². The minimum Gasteiger partial charge on any atom is -0.394 e. The maximum atomic E-state index is 13.5. The Morgan fingerprint density at radius 3 is 2.38 bits per heavy atom. The van der Waals surface area contributed by atoms with Crippen LogP contribution < -0.4 is 5.73 Å². The van der Waals surface area contributed by atoms with Gasteiger partial charge in [0.25, 0.3) is 5.91 Å². The topological polar surface area (TPSA) is 46.3 Å². The van der Waals surface area contributed by atoms with Crippen molar-refractivity contribution < 1.29 is 13.6 Å². The fourth-order valence-electron chi connectivity index (χ4n) is 3.68. The van der Waals surface area contributed by atoms with Crippen LogP contribution in [0.2, 0.25) is 0 Å². The summed E-state index contributed by atoms with van der Waals surface area (Å²) in [7, 11) is 0. The molecule has 2 atom stereocenters. The number of benzene rings is 1. The molecule has 2 unspecified atom stereocenters. The third-order valence-electron chi connectivity index (χ3n) is 4.90. The van der Waals surface area contributed by atoms with Gasteiger partial charge in [0.15, 0.2) is 0 Å². The molecule has 1 aromatic carbocycles. The molecule has 1 heterocycles. The predicted molar refractivity (Wildman–Crippen MR) is 76.7 cm³/mol. The Balaban J connectivity index is 1.76. The van der Waals surface area contributed by atoms with E-state index in [9.17, 15) is 13.6 Å². The minimum atomic E-state index is -0.870. The number of anilines is 1. The molecule has 1 aliphatic heterocycles. The number of nitrogen functional groups attached to an aromatic ring is 1. The van der Waals surface area contributed by atoms with Crippen molar-refractivity contribution in [1.29, 1.82) is 0 Å². The van der Waals surface area contributed by atoms with Crippen LogP contribution in [0.3, 0.4) is 0 Å². The van der Waals surface area contributed by atoms with Crippen molar-refractivity contribution >= 4 is 11.6 Å². The number of likely N-dealkylation sites (tertiary alicyclic amines) is 1. The van der Waals surface area contributed by atoms with Crippen LogP contribution in [0.1, 0.15) is 42.5 Å². The second-order valence-electron chi connectivity index (χ2n) is 6.20. The monoisotopic (exact) mass is 294 g/mol. The van der Waals surface area contributed by atoms with E-state index in [1.165, 1.54) is 19.3 Å². The van der Waals surface area contributed by atoms with E-state index < -0.39 is 17.3 Å². The summed E-state index contributed by atoms with van der Waals surface area (Å²) in [6, 6.07) is 2.07. The van der Waals surface area contributed by atoms with Gasteiger partial charge in [0.2, 0.25) is 0 Å². The zero-order chi connectivity index (χ0) is 15.0. The lowest BCUT2D eigenvalue weighted by molar-refractivity contribution is 0.0520. The van der Waals surface area contributed by atoms with Gasteiger partial charge in [-0.05, 0) is 36.8 Å². The molecule has 0 bridgehead atoms. The van der Waals surface area contributed by atoms with Gasteiger partial charge in [-0.3, -0.25) is 4.79 Å². The molecule has 114 valence electrons. The van der Waals surface area contributed by atoms with Crippen molar-refractivity contribution in [3.05, 3.63) is 29.3 Å². The molecule has 5 heteroatoms. The van der Waals surface area contributed by atoms with Gasteiger partial charge in [0, 0.05) is 18.7 Å². The van der Waals surface area contributed by atoms with Crippen LogP contribution in [0, 0.1) is 23.5 Å². The highest BCUT2D eigenvalue weighted by Crippen LogP contribution is 2.36. The van der Waals surface area contributed by atoms with Crippen molar-refractivity contribution in [2.45, 2.75) is 32.1 Å². The lowest BCUT2D eigenvalue weighted by Crippen LogP contribution is -2.44. The van der Waals surface area contributed by atoms with E-state index in [0.717, 1.165) is 25.0 Å². The number of carbonyl (C=O) groups is 1. The SMILES string of the molecule is Nc1c(F)cc(C(=O)N2CCC3CCCCC3C2)cc1F. The van der Waals surface area contributed by atoms with Crippen molar-refractivity contribution in [2.24, 2.45) is 11.8 Å². The Labute approximate surface area is 123 Å². The Kier molecular flexibility index (Phi) is 3.83. The number of carbonyl (C=O) groups excluding carboxylic acids is 1. The van der Waals surface area contributed by atoms with Gasteiger partial charge in [-0.2, -0.15) is 0 Å². The second-order valence-corrected chi connectivity index (χ2v) is 6.20. The summed E-state index contributed by atoms with van der Waals surface area (Å²) >= 11 is 0. The summed E-state index contributed by atoms with van der Waals surface area (Å²) in [4.78, 5) is 14.2. The summed E-state index contributed by atoms with van der Waals surface area (Å²) in [5.41, 5.74) is 4.76. The molecule has 1 aliphatic carbocycles. The fourth-order valence-corrected chi connectivity index (χ4v) is 3.68. The number of hydrogen-bond donors (Lipinski definition) is 1. The van der Waals surface area contributed by atoms with E-state index >= 15 is 0 Å². The summed E-state index contributed by atoms with van der Waals surface area (Å²) in [6.07, 6.45) is 5.89. The molecule has 1 amide bonds. The molecule has 1 aromatic rings. The average Bonchev–Trinajstić information content (AvgIpc) is 2.51. The Morgan fingerprint density at radius 2 is 1.71 bits per heavy atom. The molecule has 2 N–H and O–H groups in total. The summed E-state index contributed by atoms with van der Waals surface area (Å²) < 4.78 is 27.0. The largest absolute Gasteiger partial charge is 0.394 e. The van der Waals surface area contributed by atoms with Gasteiger partial charge in [0.1, 0.15) is 17.3 Å². The third-order valence-corrected chi connectivity index (χ3v) is 4.90. The quantitative estimate of drug-likeness (QED) is 0.808. The molecule has 0 spiro atoms. The Morgan fingerprint density at radius 1 is 1.10 bits per heavy atom.